The third-order valence-corrected chi connectivity index (χ3v) is 4.36. The summed E-state index contributed by atoms with van der Waals surface area (Å²) in [6.07, 6.45) is 7.37. The van der Waals surface area contributed by atoms with Gasteiger partial charge in [0.25, 0.3) is 0 Å². The van der Waals surface area contributed by atoms with Crippen LogP contribution in [0.4, 0.5) is 0 Å². The number of hydrogen-bond donors (Lipinski definition) is 1. The first-order valence-electron chi connectivity index (χ1n) is 9.25. The second kappa shape index (κ2) is 8.71. The summed E-state index contributed by atoms with van der Waals surface area (Å²) in [6.45, 7) is 0. The Morgan fingerprint density at radius 3 is 1.72 bits per heavy atom. The Morgan fingerprint density at radius 1 is 0.586 bits per heavy atom. The molecule has 2 aromatic heterocycles. The van der Waals surface area contributed by atoms with Crippen LogP contribution in [-0.2, 0) is 0 Å². The summed E-state index contributed by atoms with van der Waals surface area (Å²) >= 11 is 0. The number of benzene rings is 3. The lowest BCUT2D eigenvalue weighted by Crippen LogP contribution is -1.98. The largest absolute Gasteiger partial charge is 0.507 e. The first kappa shape index (κ1) is 18.3. The van der Waals surface area contributed by atoms with Crippen molar-refractivity contribution in [1.82, 2.24) is 19.6 Å². The highest BCUT2D eigenvalue weighted by molar-refractivity contribution is 5.69. The molecule has 0 atom stereocenters. The molecule has 0 radical (unpaired) electrons. The summed E-state index contributed by atoms with van der Waals surface area (Å²) in [6, 6.07) is 29.1. The molecule has 0 fully saturated rings. The number of para-hydroxylation sites is 1. The van der Waals surface area contributed by atoms with Gasteiger partial charge in [-0.05, 0) is 42.0 Å². The molecule has 5 nitrogen and oxygen atoms in total. The smallest absolute Gasteiger partial charge is 0.123 e. The van der Waals surface area contributed by atoms with E-state index in [9.17, 15) is 5.11 Å². The van der Waals surface area contributed by atoms with Gasteiger partial charge in [0, 0.05) is 30.4 Å². The molecular weight excluding hydrogens is 360 g/mol. The number of phenols is 1. The van der Waals surface area contributed by atoms with Crippen molar-refractivity contribution in [3.63, 3.8) is 0 Å². The van der Waals surface area contributed by atoms with Crippen molar-refractivity contribution in [3.8, 4) is 28.3 Å². The molecule has 5 heteroatoms. The normalized spacial score (nSPS) is 10.2. The van der Waals surface area contributed by atoms with E-state index in [1.807, 2.05) is 107 Å². The predicted octanol–water partition coefficient (Wildman–Crippen LogP) is 5.12. The topological polar surface area (TPSA) is 55.9 Å². The zero-order valence-electron chi connectivity index (χ0n) is 15.7. The SMILES string of the molecule is Oc1ccccc1-c1ccccc1.c1cc(-n2cccn2)cc(-n2cccn2)c1. The minimum atomic E-state index is 0.328. The van der Waals surface area contributed by atoms with Crippen LogP contribution in [0.1, 0.15) is 0 Å². The molecule has 0 spiro atoms. The third-order valence-electron chi connectivity index (χ3n) is 4.36. The van der Waals surface area contributed by atoms with Gasteiger partial charge in [-0.25, -0.2) is 9.36 Å². The molecule has 142 valence electrons. The Balaban J connectivity index is 0.000000145. The van der Waals surface area contributed by atoms with E-state index in [0.29, 0.717) is 5.75 Å². The molecule has 1 N–H and O–H groups in total. The summed E-state index contributed by atoms with van der Waals surface area (Å²) in [4.78, 5) is 0. The van der Waals surface area contributed by atoms with Crippen LogP contribution in [0.15, 0.2) is 116 Å². The molecule has 0 aliphatic rings. The van der Waals surface area contributed by atoms with Gasteiger partial charge in [-0.1, -0.05) is 54.6 Å². The molecule has 5 aromatic rings. The highest BCUT2D eigenvalue weighted by Crippen LogP contribution is 2.27. The quantitative estimate of drug-likeness (QED) is 0.473. The maximum atomic E-state index is 9.56. The highest BCUT2D eigenvalue weighted by Gasteiger charge is 2.01. The van der Waals surface area contributed by atoms with Gasteiger partial charge in [-0.3, -0.25) is 0 Å². The Morgan fingerprint density at radius 2 is 1.17 bits per heavy atom. The maximum absolute atomic E-state index is 9.56. The molecule has 0 unspecified atom stereocenters. The molecule has 0 amide bonds. The predicted molar refractivity (Wildman–Crippen MR) is 114 cm³/mol. The van der Waals surface area contributed by atoms with Crippen LogP contribution in [0.5, 0.6) is 5.75 Å². The molecule has 29 heavy (non-hydrogen) atoms. The fourth-order valence-corrected chi connectivity index (χ4v) is 2.96. The minimum Gasteiger partial charge on any atom is -0.507 e. The lowest BCUT2D eigenvalue weighted by molar-refractivity contribution is 0.477. The van der Waals surface area contributed by atoms with E-state index in [1.54, 1.807) is 18.5 Å². The lowest BCUT2D eigenvalue weighted by atomic mass is 10.1. The van der Waals surface area contributed by atoms with E-state index < -0.39 is 0 Å². The van der Waals surface area contributed by atoms with E-state index in [2.05, 4.69) is 10.2 Å². The summed E-state index contributed by atoms with van der Waals surface area (Å²) in [5.41, 5.74) is 3.97. The van der Waals surface area contributed by atoms with Crippen LogP contribution in [-0.4, -0.2) is 24.7 Å². The summed E-state index contributed by atoms with van der Waals surface area (Å²) < 4.78 is 3.65. The molecule has 3 aromatic carbocycles. The van der Waals surface area contributed by atoms with Gasteiger partial charge in [0.05, 0.1) is 11.4 Å². The monoisotopic (exact) mass is 380 g/mol. The number of rotatable bonds is 3. The van der Waals surface area contributed by atoms with Crippen LogP contribution in [0, 0.1) is 0 Å². The second-order valence-electron chi connectivity index (χ2n) is 6.30. The molecule has 5 rings (SSSR count). The van der Waals surface area contributed by atoms with Crippen molar-refractivity contribution in [3.05, 3.63) is 116 Å². The van der Waals surface area contributed by atoms with Crippen LogP contribution in [0.25, 0.3) is 22.5 Å². The Kier molecular flexibility index (Phi) is 5.48. The first-order valence-corrected chi connectivity index (χ1v) is 9.25. The standard InChI is InChI=1S/C12H10N4.C12H10O/c1-4-11(15-8-2-6-13-15)10-12(5-1)16-9-3-7-14-16;13-12-9-5-4-8-11(12)10-6-2-1-3-7-10/h1-10H;1-9,13H. The number of aromatic hydroxyl groups is 1. The van der Waals surface area contributed by atoms with Crippen molar-refractivity contribution >= 4 is 0 Å². The van der Waals surface area contributed by atoms with E-state index in [-0.39, 0.29) is 0 Å². The Bertz CT molecular complexity index is 1100. The van der Waals surface area contributed by atoms with Crippen LogP contribution >= 0.6 is 0 Å². The molecule has 0 saturated carbocycles. The Labute approximate surface area is 169 Å². The summed E-state index contributed by atoms with van der Waals surface area (Å²) in [5.74, 6) is 0.328. The summed E-state index contributed by atoms with van der Waals surface area (Å²) in [7, 11) is 0. The van der Waals surface area contributed by atoms with E-state index in [1.165, 1.54) is 0 Å². The molecule has 0 aliphatic carbocycles. The van der Waals surface area contributed by atoms with Gasteiger partial charge in [0.1, 0.15) is 5.75 Å². The van der Waals surface area contributed by atoms with Gasteiger partial charge in [0.2, 0.25) is 0 Å². The third kappa shape index (κ3) is 4.42. The number of aromatic nitrogens is 4. The van der Waals surface area contributed by atoms with Gasteiger partial charge in [-0.15, -0.1) is 0 Å². The van der Waals surface area contributed by atoms with Crippen molar-refractivity contribution in [2.45, 2.75) is 0 Å². The zero-order chi connectivity index (χ0) is 19.9. The second-order valence-corrected chi connectivity index (χ2v) is 6.30. The van der Waals surface area contributed by atoms with Crippen molar-refractivity contribution in [1.29, 1.82) is 0 Å². The highest BCUT2D eigenvalue weighted by atomic mass is 16.3. The van der Waals surface area contributed by atoms with Crippen LogP contribution < -0.4 is 0 Å². The van der Waals surface area contributed by atoms with E-state index >= 15 is 0 Å². The fraction of sp³-hybridized carbons (Fsp3) is 0. The average molecular weight is 380 g/mol. The van der Waals surface area contributed by atoms with Crippen LogP contribution in [0.3, 0.4) is 0 Å². The maximum Gasteiger partial charge on any atom is 0.123 e. The first-order chi connectivity index (χ1) is 14.3. The number of nitrogens with zero attached hydrogens (tertiary/aromatic N) is 4. The van der Waals surface area contributed by atoms with Crippen molar-refractivity contribution in [2.75, 3.05) is 0 Å². The molecule has 2 heterocycles. The molecular formula is C24H20N4O. The minimum absolute atomic E-state index is 0.328. The Hall–Kier alpha value is -4.12. The van der Waals surface area contributed by atoms with Gasteiger partial charge in [-0.2, -0.15) is 10.2 Å². The van der Waals surface area contributed by atoms with Crippen molar-refractivity contribution in [2.24, 2.45) is 0 Å². The van der Waals surface area contributed by atoms with E-state index in [0.717, 1.165) is 22.5 Å². The lowest BCUT2D eigenvalue weighted by Gasteiger charge is -2.05. The van der Waals surface area contributed by atoms with Gasteiger partial charge in [0.15, 0.2) is 0 Å². The van der Waals surface area contributed by atoms with Gasteiger partial charge < -0.3 is 5.11 Å². The molecule has 0 bridgehead atoms. The molecule has 0 aliphatic heterocycles. The van der Waals surface area contributed by atoms with Crippen LogP contribution in [0.2, 0.25) is 0 Å². The fourth-order valence-electron chi connectivity index (χ4n) is 2.96. The average Bonchev–Trinajstić information content (AvgIpc) is 3.50. The summed E-state index contributed by atoms with van der Waals surface area (Å²) in [5, 5.41) is 18.0. The zero-order valence-corrected chi connectivity index (χ0v) is 15.7. The van der Waals surface area contributed by atoms with E-state index in [4.69, 9.17) is 0 Å². The number of hydrogen-bond acceptors (Lipinski definition) is 3. The van der Waals surface area contributed by atoms with Crippen molar-refractivity contribution < 1.29 is 5.11 Å². The number of phenolic OH excluding ortho intramolecular Hbond substituents is 1. The van der Waals surface area contributed by atoms with Gasteiger partial charge >= 0.3 is 0 Å². The molecule has 0 saturated heterocycles.